The second kappa shape index (κ2) is 7.38. The largest absolute Gasteiger partial charge is 0.370 e. The minimum absolute atomic E-state index is 0.0638. The maximum Gasteiger partial charge on any atom is 0.134 e. The van der Waals surface area contributed by atoms with Crippen molar-refractivity contribution in [3.8, 4) is 0 Å². The van der Waals surface area contributed by atoms with E-state index in [-0.39, 0.29) is 6.10 Å². The molecule has 0 aliphatic heterocycles. The van der Waals surface area contributed by atoms with Gasteiger partial charge < -0.3 is 10.1 Å². The Morgan fingerprint density at radius 2 is 2.11 bits per heavy atom. The summed E-state index contributed by atoms with van der Waals surface area (Å²) in [7, 11) is 1.73. The first-order chi connectivity index (χ1) is 9.35. The van der Waals surface area contributed by atoms with Crippen LogP contribution in [0.15, 0.2) is 35.7 Å². The van der Waals surface area contributed by atoms with E-state index in [1.807, 2.05) is 18.2 Å². The van der Waals surface area contributed by atoms with E-state index < -0.39 is 0 Å². The van der Waals surface area contributed by atoms with Gasteiger partial charge in [0.15, 0.2) is 0 Å². The highest BCUT2D eigenvalue weighted by Crippen LogP contribution is 2.27. The molecule has 1 N–H and O–H groups in total. The number of hydrogen-bond donors (Lipinski definition) is 1. The summed E-state index contributed by atoms with van der Waals surface area (Å²) in [5.41, 5.74) is 2.24. The van der Waals surface area contributed by atoms with Gasteiger partial charge in [0.1, 0.15) is 11.1 Å². The Balaban J connectivity index is 2.07. The van der Waals surface area contributed by atoms with Crippen LogP contribution in [-0.2, 0) is 11.3 Å². The molecule has 0 bridgehead atoms. The maximum atomic E-state index is 5.59. The Morgan fingerprint density at radius 1 is 1.32 bits per heavy atom. The van der Waals surface area contributed by atoms with Crippen molar-refractivity contribution in [2.45, 2.75) is 26.0 Å². The first kappa shape index (κ1) is 14.2. The van der Waals surface area contributed by atoms with Gasteiger partial charge in [-0.25, -0.2) is 4.98 Å². The summed E-state index contributed by atoms with van der Waals surface area (Å²) in [5.74, 6) is 0. The van der Waals surface area contributed by atoms with Gasteiger partial charge in [0.2, 0.25) is 0 Å². The van der Waals surface area contributed by atoms with E-state index in [0.29, 0.717) is 0 Å². The van der Waals surface area contributed by atoms with Crippen molar-refractivity contribution < 1.29 is 4.74 Å². The molecule has 2 aromatic rings. The summed E-state index contributed by atoms with van der Waals surface area (Å²) in [4.78, 5) is 4.66. The van der Waals surface area contributed by atoms with Gasteiger partial charge in [-0.05, 0) is 18.5 Å². The zero-order valence-electron chi connectivity index (χ0n) is 11.4. The van der Waals surface area contributed by atoms with E-state index in [1.165, 1.54) is 0 Å². The average molecular weight is 276 g/mol. The summed E-state index contributed by atoms with van der Waals surface area (Å²) >= 11 is 1.66. The smallest absolute Gasteiger partial charge is 0.134 e. The molecule has 19 heavy (non-hydrogen) atoms. The molecule has 0 saturated carbocycles. The molecule has 0 fully saturated rings. The van der Waals surface area contributed by atoms with Crippen molar-refractivity contribution in [1.29, 1.82) is 0 Å². The highest BCUT2D eigenvalue weighted by Gasteiger charge is 2.16. The van der Waals surface area contributed by atoms with Crippen LogP contribution in [0.4, 0.5) is 0 Å². The standard InChI is InChI=1S/C15H20N2OS/c1-3-9-16-10-13-11-19-15(17-13)14(18-2)12-7-5-4-6-8-12/h4-8,11,14,16H,3,9-10H2,1-2H3. The van der Waals surface area contributed by atoms with Gasteiger partial charge in [0.05, 0.1) is 5.69 Å². The van der Waals surface area contributed by atoms with Crippen molar-refractivity contribution in [2.24, 2.45) is 0 Å². The Labute approximate surface area is 118 Å². The van der Waals surface area contributed by atoms with Crippen LogP contribution in [-0.4, -0.2) is 18.6 Å². The number of rotatable bonds is 7. The fourth-order valence-corrected chi connectivity index (χ4v) is 2.84. The third kappa shape index (κ3) is 3.86. The molecule has 0 saturated heterocycles. The predicted molar refractivity (Wildman–Crippen MR) is 79.4 cm³/mol. The van der Waals surface area contributed by atoms with Crippen molar-refractivity contribution in [3.63, 3.8) is 0 Å². The summed E-state index contributed by atoms with van der Waals surface area (Å²) < 4.78 is 5.59. The van der Waals surface area contributed by atoms with Crippen molar-refractivity contribution in [2.75, 3.05) is 13.7 Å². The van der Waals surface area contributed by atoms with Gasteiger partial charge in [-0.2, -0.15) is 0 Å². The molecule has 0 spiro atoms. The van der Waals surface area contributed by atoms with Gasteiger partial charge in [-0.1, -0.05) is 37.3 Å². The van der Waals surface area contributed by atoms with Gasteiger partial charge in [-0.3, -0.25) is 0 Å². The van der Waals surface area contributed by atoms with E-state index in [4.69, 9.17) is 4.74 Å². The van der Waals surface area contributed by atoms with Crippen LogP contribution in [0.2, 0.25) is 0 Å². The van der Waals surface area contributed by atoms with E-state index >= 15 is 0 Å². The third-order valence-corrected chi connectivity index (χ3v) is 3.80. The lowest BCUT2D eigenvalue weighted by atomic mass is 10.1. The van der Waals surface area contributed by atoms with Crippen LogP contribution in [0.1, 0.15) is 35.7 Å². The summed E-state index contributed by atoms with van der Waals surface area (Å²) in [6.45, 7) is 4.02. The first-order valence-electron chi connectivity index (χ1n) is 6.58. The molecule has 0 amide bonds. The maximum absolute atomic E-state index is 5.59. The van der Waals surface area contributed by atoms with Crippen molar-refractivity contribution in [3.05, 3.63) is 52.0 Å². The molecule has 1 heterocycles. The van der Waals surface area contributed by atoms with E-state index in [0.717, 1.165) is 35.8 Å². The van der Waals surface area contributed by atoms with E-state index in [2.05, 4.69) is 34.7 Å². The van der Waals surface area contributed by atoms with Crippen LogP contribution < -0.4 is 5.32 Å². The topological polar surface area (TPSA) is 34.1 Å². The molecule has 1 aromatic heterocycles. The second-order valence-electron chi connectivity index (χ2n) is 4.38. The van der Waals surface area contributed by atoms with E-state index in [9.17, 15) is 0 Å². The van der Waals surface area contributed by atoms with Crippen molar-refractivity contribution >= 4 is 11.3 Å². The molecule has 1 aromatic carbocycles. The molecule has 0 aliphatic rings. The van der Waals surface area contributed by atoms with Crippen LogP contribution in [0, 0.1) is 0 Å². The van der Waals surface area contributed by atoms with Crippen LogP contribution in [0.5, 0.6) is 0 Å². The zero-order chi connectivity index (χ0) is 13.5. The molecular formula is C15H20N2OS. The predicted octanol–water partition coefficient (Wildman–Crippen LogP) is 3.38. The highest BCUT2D eigenvalue weighted by atomic mass is 32.1. The molecular weight excluding hydrogens is 256 g/mol. The van der Waals surface area contributed by atoms with Gasteiger partial charge in [0, 0.05) is 19.0 Å². The molecule has 2 rings (SSSR count). The quantitative estimate of drug-likeness (QED) is 0.787. The van der Waals surface area contributed by atoms with Gasteiger partial charge in [0.25, 0.3) is 0 Å². The normalized spacial score (nSPS) is 12.5. The number of ether oxygens (including phenoxy) is 1. The Hall–Kier alpha value is -1.23. The lowest BCUT2D eigenvalue weighted by molar-refractivity contribution is 0.136. The average Bonchev–Trinajstić information content (AvgIpc) is 2.90. The van der Waals surface area contributed by atoms with Crippen LogP contribution >= 0.6 is 11.3 Å². The molecule has 0 radical (unpaired) electrons. The number of benzene rings is 1. The minimum atomic E-state index is -0.0638. The van der Waals surface area contributed by atoms with Gasteiger partial charge in [-0.15, -0.1) is 11.3 Å². The summed E-state index contributed by atoms with van der Waals surface area (Å²) in [6, 6.07) is 10.2. The Kier molecular flexibility index (Phi) is 5.51. The van der Waals surface area contributed by atoms with Crippen molar-refractivity contribution in [1.82, 2.24) is 10.3 Å². The number of nitrogens with zero attached hydrogens (tertiary/aromatic N) is 1. The molecule has 3 nitrogen and oxygen atoms in total. The first-order valence-corrected chi connectivity index (χ1v) is 7.46. The summed E-state index contributed by atoms with van der Waals surface area (Å²) in [6.07, 6.45) is 1.08. The minimum Gasteiger partial charge on any atom is -0.370 e. The number of nitrogens with one attached hydrogen (secondary N) is 1. The molecule has 1 unspecified atom stereocenters. The van der Waals surface area contributed by atoms with Gasteiger partial charge >= 0.3 is 0 Å². The zero-order valence-corrected chi connectivity index (χ0v) is 12.2. The number of hydrogen-bond acceptors (Lipinski definition) is 4. The Bertz CT molecular complexity index is 484. The van der Waals surface area contributed by atoms with Crippen LogP contribution in [0.3, 0.4) is 0 Å². The molecule has 102 valence electrons. The Morgan fingerprint density at radius 3 is 2.79 bits per heavy atom. The summed E-state index contributed by atoms with van der Waals surface area (Å²) in [5, 5.41) is 6.48. The second-order valence-corrected chi connectivity index (χ2v) is 5.27. The lowest BCUT2D eigenvalue weighted by Crippen LogP contribution is -2.14. The number of thiazole rings is 1. The molecule has 4 heteroatoms. The molecule has 1 atom stereocenters. The number of methoxy groups -OCH3 is 1. The molecule has 0 aliphatic carbocycles. The third-order valence-electron chi connectivity index (χ3n) is 2.86. The fraction of sp³-hybridized carbons (Fsp3) is 0.400. The highest BCUT2D eigenvalue weighted by molar-refractivity contribution is 7.09. The SMILES string of the molecule is CCCNCc1csc(C(OC)c2ccccc2)n1. The number of aromatic nitrogens is 1. The van der Waals surface area contributed by atoms with E-state index in [1.54, 1.807) is 18.4 Å². The fourth-order valence-electron chi connectivity index (χ4n) is 1.92. The monoisotopic (exact) mass is 276 g/mol. The van der Waals surface area contributed by atoms with Crippen LogP contribution in [0.25, 0.3) is 0 Å². The lowest BCUT2D eigenvalue weighted by Gasteiger charge is -2.12.